The van der Waals surface area contributed by atoms with Crippen molar-refractivity contribution in [2.24, 2.45) is 5.73 Å². The van der Waals surface area contributed by atoms with Crippen molar-refractivity contribution < 1.29 is 4.74 Å². The number of nitrogens with zero attached hydrogens (tertiary/aromatic N) is 4. The number of piperidine rings is 1. The van der Waals surface area contributed by atoms with E-state index in [1.54, 1.807) is 6.20 Å². The summed E-state index contributed by atoms with van der Waals surface area (Å²) in [5, 5.41) is 8.68. The normalized spacial score (nSPS) is 16.3. The van der Waals surface area contributed by atoms with E-state index < -0.39 is 0 Å². The summed E-state index contributed by atoms with van der Waals surface area (Å²) in [6.07, 6.45) is 6.40. The second kappa shape index (κ2) is 7.02. The number of nitriles is 1. The van der Waals surface area contributed by atoms with E-state index in [2.05, 4.69) is 14.9 Å². The predicted molar refractivity (Wildman–Crippen MR) is 71.6 cm³/mol. The Morgan fingerprint density at radius 1 is 1.37 bits per heavy atom. The molecule has 0 radical (unpaired) electrons. The van der Waals surface area contributed by atoms with Gasteiger partial charge < -0.3 is 15.4 Å². The van der Waals surface area contributed by atoms with E-state index in [0.29, 0.717) is 18.3 Å². The van der Waals surface area contributed by atoms with Gasteiger partial charge in [-0.3, -0.25) is 0 Å². The maximum Gasteiger partial charge on any atom is 0.158 e. The van der Waals surface area contributed by atoms with E-state index in [-0.39, 0.29) is 0 Å². The summed E-state index contributed by atoms with van der Waals surface area (Å²) in [6.45, 7) is 3.25. The Balaban J connectivity index is 1.80. The van der Waals surface area contributed by atoms with Gasteiger partial charge in [-0.25, -0.2) is 9.97 Å². The summed E-state index contributed by atoms with van der Waals surface area (Å²) < 4.78 is 5.76. The van der Waals surface area contributed by atoms with Crippen molar-refractivity contribution in [3.05, 3.63) is 18.1 Å². The minimum atomic E-state index is 0.328. The fraction of sp³-hybridized carbons (Fsp3) is 0.615. The fourth-order valence-electron chi connectivity index (χ4n) is 2.13. The number of hydrogen-bond acceptors (Lipinski definition) is 6. The van der Waals surface area contributed by atoms with Crippen molar-refractivity contribution in [3.8, 4) is 6.07 Å². The lowest BCUT2D eigenvalue weighted by atomic mass is 10.1. The minimum absolute atomic E-state index is 0.328. The third kappa shape index (κ3) is 3.88. The van der Waals surface area contributed by atoms with Crippen molar-refractivity contribution in [3.63, 3.8) is 0 Å². The van der Waals surface area contributed by atoms with Crippen LogP contribution in [0.3, 0.4) is 0 Å². The zero-order chi connectivity index (χ0) is 13.5. The summed E-state index contributed by atoms with van der Waals surface area (Å²) >= 11 is 0. The van der Waals surface area contributed by atoms with Crippen molar-refractivity contribution in [1.29, 1.82) is 5.26 Å². The average Bonchev–Trinajstić information content (AvgIpc) is 2.48. The molecule has 0 amide bonds. The SMILES string of the molecule is N#Cc1cnc(N2CCC(OCCCN)CC2)cn1. The Hall–Kier alpha value is -1.71. The molecule has 2 N–H and O–H groups in total. The third-order valence-electron chi connectivity index (χ3n) is 3.22. The molecular weight excluding hydrogens is 242 g/mol. The van der Waals surface area contributed by atoms with Crippen molar-refractivity contribution >= 4 is 5.82 Å². The molecule has 0 atom stereocenters. The van der Waals surface area contributed by atoms with Gasteiger partial charge >= 0.3 is 0 Å². The molecule has 0 bridgehead atoms. The van der Waals surface area contributed by atoms with Gasteiger partial charge in [0.1, 0.15) is 11.9 Å². The van der Waals surface area contributed by atoms with Crippen LogP contribution in [0.5, 0.6) is 0 Å². The molecule has 1 fully saturated rings. The summed E-state index contributed by atoms with van der Waals surface area (Å²) in [7, 11) is 0. The highest BCUT2D eigenvalue weighted by atomic mass is 16.5. The van der Waals surface area contributed by atoms with Crippen LogP contribution in [0, 0.1) is 11.3 Å². The highest BCUT2D eigenvalue weighted by molar-refractivity contribution is 5.37. The molecule has 0 spiro atoms. The first-order chi connectivity index (χ1) is 9.33. The molecule has 0 unspecified atom stereocenters. The van der Waals surface area contributed by atoms with E-state index in [1.165, 1.54) is 6.20 Å². The third-order valence-corrected chi connectivity index (χ3v) is 3.22. The zero-order valence-corrected chi connectivity index (χ0v) is 11.0. The summed E-state index contributed by atoms with van der Waals surface area (Å²) in [5.74, 6) is 0.833. The number of rotatable bonds is 5. The first-order valence-corrected chi connectivity index (χ1v) is 6.62. The first kappa shape index (κ1) is 13.7. The predicted octanol–water partition coefficient (Wildman–Crippen LogP) is 0.682. The molecule has 1 saturated heterocycles. The zero-order valence-electron chi connectivity index (χ0n) is 11.0. The topological polar surface area (TPSA) is 88.1 Å². The summed E-state index contributed by atoms with van der Waals surface area (Å²) in [6, 6.07) is 1.97. The Morgan fingerprint density at radius 3 is 2.74 bits per heavy atom. The second-order valence-electron chi connectivity index (χ2n) is 4.57. The van der Waals surface area contributed by atoms with Gasteiger partial charge in [0, 0.05) is 19.7 Å². The highest BCUT2D eigenvalue weighted by Crippen LogP contribution is 2.18. The van der Waals surface area contributed by atoms with Crippen molar-refractivity contribution in [2.75, 3.05) is 31.1 Å². The first-order valence-electron chi connectivity index (χ1n) is 6.62. The van der Waals surface area contributed by atoms with Crippen LogP contribution in [0.1, 0.15) is 25.0 Å². The lowest BCUT2D eigenvalue weighted by Crippen LogP contribution is -2.37. The fourth-order valence-corrected chi connectivity index (χ4v) is 2.13. The Kier molecular flexibility index (Phi) is 5.07. The molecule has 6 heteroatoms. The van der Waals surface area contributed by atoms with Gasteiger partial charge in [-0.15, -0.1) is 0 Å². The van der Waals surface area contributed by atoms with Gasteiger partial charge in [0.25, 0.3) is 0 Å². The van der Waals surface area contributed by atoms with Crippen LogP contribution in [0.4, 0.5) is 5.82 Å². The number of aromatic nitrogens is 2. The maximum atomic E-state index is 8.68. The van der Waals surface area contributed by atoms with Crippen LogP contribution in [0.2, 0.25) is 0 Å². The summed E-state index contributed by atoms with van der Waals surface area (Å²) in [5.41, 5.74) is 5.79. The van der Waals surface area contributed by atoms with E-state index in [9.17, 15) is 0 Å². The monoisotopic (exact) mass is 261 g/mol. The van der Waals surface area contributed by atoms with Crippen molar-refractivity contribution in [2.45, 2.75) is 25.4 Å². The lowest BCUT2D eigenvalue weighted by Gasteiger charge is -2.32. The molecule has 19 heavy (non-hydrogen) atoms. The van der Waals surface area contributed by atoms with Gasteiger partial charge in [0.05, 0.1) is 18.5 Å². The van der Waals surface area contributed by atoms with Gasteiger partial charge in [-0.1, -0.05) is 0 Å². The largest absolute Gasteiger partial charge is 0.378 e. The smallest absolute Gasteiger partial charge is 0.158 e. The molecule has 0 aromatic carbocycles. The minimum Gasteiger partial charge on any atom is -0.378 e. The number of hydrogen-bond donors (Lipinski definition) is 1. The van der Waals surface area contributed by atoms with Crippen LogP contribution >= 0.6 is 0 Å². The maximum absolute atomic E-state index is 8.68. The molecule has 102 valence electrons. The molecule has 2 rings (SSSR count). The Labute approximate surface area is 113 Å². The van der Waals surface area contributed by atoms with E-state index >= 15 is 0 Å². The number of anilines is 1. The highest BCUT2D eigenvalue weighted by Gasteiger charge is 2.20. The standard InChI is InChI=1S/C13H19N5O/c14-4-1-7-19-12-2-5-18(6-3-12)13-10-16-11(8-15)9-17-13/h9-10,12H,1-7,14H2. The Bertz CT molecular complexity index is 420. The molecular formula is C13H19N5O. The van der Waals surface area contributed by atoms with Gasteiger partial charge in [-0.05, 0) is 25.8 Å². The molecule has 1 aromatic rings. The van der Waals surface area contributed by atoms with E-state index in [4.69, 9.17) is 15.7 Å². The van der Waals surface area contributed by atoms with Crippen LogP contribution in [0.15, 0.2) is 12.4 Å². The molecule has 1 aliphatic heterocycles. The molecule has 6 nitrogen and oxygen atoms in total. The molecule has 0 aliphatic carbocycles. The van der Waals surface area contributed by atoms with E-state index in [1.807, 2.05) is 6.07 Å². The average molecular weight is 261 g/mol. The molecule has 1 aliphatic rings. The quantitative estimate of drug-likeness (QED) is 0.784. The van der Waals surface area contributed by atoms with Crippen LogP contribution in [-0.2, 0) is 4.74 Å². The molecule has 1 aromatic heterocycles. The van der Waals surface area contributed by atoms with Crippen LogP contribution in [-0.4, -0.2) is 42.3 Å². The number of ether oxygens (including phenoxy) is 1. The molecule has 0 saturated carbocycles. The van der Waals surface area contributed by atoms with E-state index in [0.717, 1.165) is 44.8 Å². The lowest BCUT2D eigenvalue weighted by molar-refractivity contribution is 0.0365. The second-order valence-corrected chi connectivity index (χ2v) is 4.57. The Morgan fingerprint density at radius 2 is 2.16 bits per heavy atom. The van der Waals surface area contributed by atoms with Crippen molar-refractivity contribution in [1.82, 2.24) is 9.97 Å². The van der Waals surface area contributed by atoms with Gasteiger partial charge in [-0.2, -0.15) is 5.26 Å². The number of nitrogens with two attached hydrogens (primary N) is 1. The van der Waals surface area contributed by atoms with Crippen LogP contribution < -0.4 is 10.6 Å². The summed E-state index contributed by atoms with van der Waals surface area (Å²) in [4.78, 5) is 10.5. The van der Waals surface area contributed by atoms with Crippen LogP contribution in [0.25, 0.3) is 0 Å². The molecule has 2 heterocycles. The van der Waals surface area contributed by atoms with Gasteiger partial charge in [0.15, 0.2) is 5.69 Å². The van der Waals surface area contributed by atoms with Gasteiger partial charge in [0.2, 0.25) is 0 Å².